The monoisotopic (exact) mass is 370 g/mol. The molecule has 0 radical (unpaired) electrons. The van der Waals surface area contributed by atoms with Crippen LogP contribution in [-0.4, -0.2) is 16.7 Å². The molecule has 1 aromatic heterocycles. The van der Waals surface area contributed by atoms with E-state index in [4.69, 9.17) is 11.6 Å². The van der Waals surface area contributed by atoms with Crippen LogP contribution >= 0.6 is 11.6 Å². The number of unbranched alkanes of at least 4 members (excludes halogenated alkanes) is 1. The molecule has 0 spiro atoms. The Balaban J connectivity index is 1.72. The van der Waals surface area contributed by atoms with Gasteiger partial charge < -0.3 is 5.32 Å². The lowest BCUT2D eigenvalue weighted by molar-refractivity contribution is -0.128. The normalized spacial score (nSPS) is 15.2. The Morgan fingerprint density at radius 2 is 2.04 bits per heavy atom. The molecular weight excluding hydrogens is 348 g/mol. The zero-order valence-corrected chi connectivity index (χ0v) is 15.7. The smallest absolute Gasteiger partial charge is 0.255 e. The number of Topliss-reactive ketones (excluding diaryl/α,β-unsaturated/α-hetero) is 1. The van der Waals surface area contributed by atoms with E-state index in [9.17, 15) is 9.59 Å². The number of hydrogen-bond acceptors (Lipinski definition) is 3. The predicted octanol–water partition coefficient (Wildman–Crippen LogP) is 5.17. The summed E-state index contributed by atoms with van der Waals surface area (Å²) in [5.74, 6) is 0.0632. The highest BCUT2D eigenvalue weighted by Gasteiger charge is 2.45. The number of hydrogen-bond donors (Lipinski definition) is 1. The van der Waals surface area contributed by atoms with Gasteiger partial charge in [0.15, 0.2) is 0 Å². The number of aromatic nitrogens is 1. The number of carbonyl (C=O) groups is 2. The second kappa shape index (κ2) is 8.00. The van der Waals surface area contributed by atoms with Gasteiger partial charge in [0.2, 0.25) is 0 Å². The molecule has 0 saturated heterocycles. The summed E-state index contributed by atoms with van der Waals surface area (Å²) in [7, 11) is 0. The molecule has 26 heavy (non-hydrogen) atoms. The Hall–Kier alpha value is -2.20. The van der Waals surface area contributed by atoms with E-state index in [-0.39, 0.29) is 5.91 Å². The second-order valence-electron chi connectivity index (χ2n) is 6.86. The zero-order chi connectivity index (χ0) is 18.6. The highest BCUT2D eigenvalue weighted by Crippen LogP contribution is 2.44. The Labute approximate surface area is 159 Å². The molecule has 0 atom stereocenters. The zero-order valence-electron chi connectivity index (χ0n) is 14.9. The third-order valence-corrected chi connectivity index (χ3v) is 5.33. The van der Waals surface area contributed by atoms with Gasteiger partial charge in [-0.2, -0.15) is 0 Å². The van der Waals surface area contributed by atoms with Gasteiger partial charge in [-0.05, 0) is 49.6 Å². The number of anilines is 1. The van der Waals surface area contributed by atoms with Crippen molar-refractivity contribution < 1.29 is 9.59 Å². The molecule has 1 N–H and O–H groups in total. The van der Waals surface area contributed by atoms with Crippen LogP contribution in [0.2, 0.25) is 5.02 Å². The molecule has 1 amide bonds. The first-order valence-electron chi connectivity index (χ1n) is 9.12. The van der Waals surface area contributed by atoms with Crippen LogP contribution in [0.25, 0.3) is 0 Å². The molecule has 4 nitrogen and oxygen atoms in total. The van der Waals surface area contributed by atoms with Gasteiger partial charge in [0, 0.05) is 17.0 Å². The first kappa shape index (κ1) is 18.6. The van der Waals surface area contributed by atoms with Crippen molar-refractivity contribution >= 4 is 29.0 Å². The number of halogens is 1. The highest BCUT2D eigenvalue weighted by atomic mass is 35.5. The fourth-order valence-electron chi connectivity index (χ4n) is 3.37. The minimum atomic E-state index is -0.412. The maximum Gasteiger partial charge on any atom is 0.255 e. The lowest BCUT2D eigenvalue weighted by Gasteiger charge is -2.40. The molecule has 2 aromatic rings. The lowest BCUT2D eigenvalue weighted by atomic mass is 9.63. The van der Waals surface area contributed by atoms with Crippen LogP contribution in [0, 0.1) is 0 Å². The fourth-order valence-corrected chi connectivity index (χ4v) is 3.56. The standard InChI is InChI=1S/C21H23ClN2O2/c1-2-3-8-19(25)21(11-5-12-21)18-10-9-17(14-23-18)24-20(26)15-6-4-7-16(22)13-15/h4,6-7,9-10,13-14H,2-3,5,8,11-12H2,1H3,(H,24,26). The average Bonchev–Trinajstić information content (AvgIpc) is 2.60. The number of carbonyl (C=O) groups excluding carboxylic acids is 2. The summed E-state index contributed by atoms with van der Waals surface area (Å²) in [4.78, 5) is 29.5. The molecule has 0 aliphatic heterocycles. The van der Waals surface area contributed by atoms with Crippen LogP contribution in [0.5, 0.6) is 0 Å². The van der Waals surface area contributed by atoms with E-state index in [1.165, 1.54) is 0 Å². The summed E-state index contributed by atoms with van der Waals surface area (Å²) in [6, 6.07) is 10.5. The highest BCUT2D eigenvalue weighted by molar-refractivity contribution is 6.31. The number of ketones is 1. The summed E-state index contributed by atoms with van der Waals surface area (Å²) in [5.41, 5.74) is 1.51. The summed E-state index contributed by atoms with van der Waals surface area (Å²) >= 11 is 5.93. The van der Waals surface area contributed by atoms with Crippen molar-refractivity contribution in [3.8, 4) is 0 Å². The minimum Gasteiger partial charge on any atom is -0.321 e. The summed E-state index contributed by atoms with van der Waals surface area (Å²) < 4.78 is 0. The van der Waals surface area contributed by atoms with Crippen molar-refractivity contribution in [1.29, 1.82) is 0 Å². The van der Waals surface area contributed by atoms with Gasteiger partial charge in [-0.1, -0.05) is 37.4 Å². The van der Waals surface area contributed by atoms with Crippen molar-refractivity contribution in [2.24, 2.45) is 0 Å². The maximum atomic E-state index is 12.7. The van der Waals surface area contributed by atoms with E-state index in [1.54, 1.807) is 30.5 Å². The van der Waals surface area contributed by atoms with Gasteiger partial charge in [-0.3, -0.25) is 14.6 Å². The molecule has 0 bridgehead atoms. The third kappa shape index (κ3) is 3.80. The van der Waals surface area contributed by atoms with Gasteiger partial charge in [0.05, 0.1) is 23.0 Å². The van der Waals surface area contributed by atoms with Crippen LogP contribution in [0.3, 0.4) is 0 Å². The molecule has 1 fully saturated rings. The van der Waals surface area contributed by atoms with Gasteiger partial charge in [-0.15, -0.1) is 0 Å². The first-order valence-corrected chi connectivity index (χ1v) is 9.50. The predicted molar refractivity (Wildman–Crippen MR) is 104 cm³/mol. The molecule has 1 aromatic carbocycles. The van der Waals surface area contributed by atoms with Gasteiger partial charge >= 0.3 is 0 Å². The van der Waals surface area contributed by atoms with E-state index in [2.05, 4.69) is 17.2 Å². The molecule has 136 valence electrons. The lowest BCUT2D eigenvalue weighted by Crippen LogP contribution is -2.43. The second-order valence-corrected chi connectivity index (χ2v) is 7.30. The molecular formula is C21H23ClN2O2. The van der Waals surface area contributed by atoms with E-state index in [0.717, 1.165) is 37.8 Å². The minimum absolute atomic E-state index is 0.237. The maximum absolute atomic E-state index is 12.7. The SMILES string of the molecule is CCCCC(=O)C1(c2ccc(NC(=O)c3cccc(Cl)c3)cn2)CCC1. The van der Waals surface area contributed by atoms with E-state index in [0.29, 0.717) is 28.5 Å². The molecule has 0 unspecified atom stereocenters. The molecule has 1 aliphatic rings. The molecule has 1 heterocycles. The Morgan fingerprint density at radius 1 is 1.23 bits per heavy atom. The topological polar surface area (TPSA) is 59.1 Å². The van der Waals surface area contributed by atoms with Crippen LogP contribution in [0.4, 0.5) is 5.69 Å². The van der Waals surface area contributed by atoms with Crippen LogP contribution < -0.4 is 5.32 Å². The van der Waals surface area contributed by atoms with Crippen molar-refractivity contribution in [3.63, 3.8) is 0 Å². The number of pyridine rings is 1. The van der Waals surface area contributed by atoms with E-state index >= 15 is 0 Å². The quantitative estimate of drug-likeness (QED) is 0.731. The number of nitrogens with zero attached hydrogens (tertiary/aromatic N) is 1. The first-order chi connectivity index (χ1) is 12.5. The van der Waals surface area contributed by atoms with E-state index in [1.807, 2.05) is 12.1 Å². The average molecular weight is 371 g/mol. The van der Waals surface area contributed by atoms with Crippen molar-refractivity contribution in [1.82, 2.24) is 4.98 Å². The van der Waals surface area contributed by atoms with Crippen molar-refractivity contribution in [3.05, 3.63) is 58.9 Å². The van der Waals surface area contributed by atoms with Crippen molar-refractivity contribution in [2.75, 3.05) is 5.32 Å². The number of rotatable bonds is 7. The molecule has 5 heteroatoms. The molecule has 3 rings (SSSR count). The van der Waals surface area contributed by atoms with Crippen LogP contribution in [0.15, 0.2) is 42.6 Å². The Morgan fingerprint density at radius 3 is 2.62 bits per heavy atom. The van der Waals surface area contributed by atoms with Gasteiger partial charge in [0.25, 0.3) is 5.91 Å². The van der Waals surface area contributed by atoms with Gasteiger partial charge in [-0.25, -0.2) is 0 Å². The number of amides is 1. The molecule has 1 aliphatic carbocycles. The molecule has 1 saturated carbocycles. The van der Waals surface area contributed by atoms with Crippen LogP contribution in [-0.2, 0) is 10.2 Å². The Bertz CT molecular complexity index is 798. The Kier molecular flexibility index (Phi) is 5.72. The summed E-state index contributed by atoms with van der Waals surface area (Å²) in [5, 5.41) is 3.34. The van der Waals surface area contributed by atoms with Crippen molar-refractivity contribution in [2.45, 2.75) is 50.9 Å². The van der Waals surface area contributed by atoms with Crippen LogP contribution in [0.1, 0.15) is 61.5 Å². The fraction of sp³-hybridized carbons (Fsp3) is 0.381. The number of benzene rings is 1. The summed E-state index contributed by atoms with van der Waals surface area (Å²) in [6.45, 7) is 2.09. The van der Waals surface area contributed by atoms with E-state index < -0.39 is 5.41 Å². The third-order valence-electron chi connectivity index (χ3n) is 5.10. The number of nitrogens with one attached hydrogen (secondary N) is 1. The van der Waals surface area contributed by atoms with Gasteiger partial charge in [0.1, 0.15) is 5.78 Å². The largest absolute Gasteiger partial charge is 0.321 e. The summed E-state index contributed by atoms with van der Waals surface area (Å²) in [6.07, 6.45) is 6.99.